The van der Waals surface area contributed by atoms with E-state index in [9.17, 15) is 48.6 Å². The highest BCUT2D eigenvalue weighted by molar-refractivity contribution is 8.76. The number of phenols is 1. The smallest absolute Gasteiger partial charge is 0.245 e. The van der Waals surface area contributed by atoms with Gasteiger partial charge in [0.05, 0.1) is 12.1 Å². The van der Waals surface area contributed by atoms with Crippen molar-refractivity contribution in [1.29, 1.82) is 0 Å². The number of benzene rings is 6. The Morgan fingerprint density at radius 2 is 1.20 bits per heavy atom. The SMILES string of the molecule is C[C@@H](O)[C@H]1NC(=O)[C@H](CCCCN)NC(=O)[C@@H](Cc2c[nH]c3ccccc23)NC(=O)[C@H](Cc2ccc(O)cc2)NC(=O)[C@H](NC(=O)[C@H](N)Cc2ccc3ccccc3c2)CSSC[C@@H](C(=O)N[C@@H](Cc2ccc3ccccc3c2)C(N)=O)NC1=O. The lowest BCUT2D eigenvalue weighted by Gasteiger charge is -2.29. The van der Waals surface area contributed by atoms with E-state index in [0.717, 1.165) is 59.6 Å². The number of phenolic OH excluding ortho intramolecular Hbond substituents is 1. The molecule has 23 heteroatoms. The molecule has 9 atom stereocenters. The molecular formula is C62H71N11O10S2. The topological polar surface area (TPSA) is 355 Å². The number of nitrogens with two attached hydrogens (primary N) is 3. The molecular weight excluding hydrogens is 1120 g/mol. The van der Waals surface area contributed by atoms with E-state index in [1.54, 1.807) is 24.4 Å². The van der Waals surface area contributed by atoms with Gasteiger partial charge in [0.25, 0.3) is 0 Å². The van der Waals surface area contributed by atoms with Gasteiger partial charge >= 0.3 is 0 Å². The van der Waals surface area contributed by atoms with Gasteiger partial charge in [0, 0.05) is 47.9 Å². The van der Waals surface area contributed by atoms with Gasteiger partial charge in [-0.15, -0.1) is 0 Å². The maximum atomic E-state index is 15.0. The number of carbonyl (C=O) groups excluding carboxylic acids is 8. The maximum Gasteiger partial charge on any atom is 0.245 e. The zero-order valence-electron chi connectivity index (χ0n) is 46.8. The molecule has 8 amide bonds. The highest BCUT2D eigenvalue weighted by Gasteiger charge is 2.37. The van der Waals surface area contributed by atoms with Gasteiger partial charge in [-0.05, 0) is 101 Å². The van der Waals surface area contributed by atoms with Crippen LogP contribution in [0.1, 0.15) is 48.4 Å². The van der Waals surface area contributed by atoms with Crippen molar-refractivity contribution in [3.8, 4) is 5.75 Å². The fourth-order valence-electron chi connectivity index (χ4n) is 9.99. The molecule has 7 aromatic rings. The molecule has 1 aromatic heterocycles. The van der Waals surface area contributed by atoms with Crippen LogP contribution in [0.15, 0.2) is 140 Å². The lowest BCUT2D eigenvalue weighted by Crippen LogP contribution is -2.62. The molecule has 2 heterocycles. The number of aliphatic hydroxyl groups excluding tert-OH is 1. The summed E-state index contributed by atoms with van der Waals surface area (Å²) in [5, 5.41) is 44.9. The molecule has 1 fully saturated rings. The van der Waals surface area contributed by atoms with E-state index in [1.165, 1.54) is 19.1 Å². The Labute approximate surface area is 498 Å². The number of H-pyrrole nitrogens is 1. The van der Waals surface area contributed by atoms with Crippen LogP contribution < -0.4 is 54.4 Å². The summed E-state index contributed by atoms with van der Waals surface area (Å²) >= 11 is 0. The van der Waals surface area contributed by atoms with Crippen LogP contribution in [0.4, 0.5) is 0 Å². The first kappa shape index (κ1) is 62.6. The molecule has 446 valence electrons. The first-order chi connectivity index (χ1) is 40.9. The zero-order valence-corrected chi connectivity index (χ0v) is 48.4. The van der Waals surface area contributed by atoms with E-state index in [4.69, 9.17) is 17.2 Å². The molecule has 0 radical (unpaired) electrons. The summed E-state index contributed by atoms with van der Waals surface area (Å²) in [4.78, 5) is 119. The van der Waals surface area contributed by atoms with Gasteiger partial charge in [-0.25, -0.2) is 0 Å². The molecule has 1 aliphatic heterocycles. The largest absolute Gasteiger partial charge is 0.508 e. The second kappa shape index (κ2) is 29.9. The van der Waals surface area contributed by atoms with Crippen molar-refractivity contribution in [2.45, 2.75) is 106 Å². The molecule has 0 aliphatic carbocycles. The fourth-order valence-corrected chi connectivity index (χ4v) is 12.3. The van der Waals surface area contributed by atoms with Crippen LogP contribution in [0.25, 0.3) is 32.4 Å². The van der Waals surface area contributed by atoms with Crippen LogP contribution in [0.3, 0.4) is 0 Å². The molecule has 0 spiro atoms. The van der Waals surface area contributed by atoms with Crippen molar-refractivity contribution in [1.82, 2.24) is 42.2 Å². The summed E-state index contributed by atoms with van der Waals surface area (Å²) in [7, 11) is 2.02. The van der Waals surface area contributed by atoms with Gasteiger partial charge in [0.2, 0.25) is 47.3 Å². The van der Waals surface area contributed by atoms with E-state index in [0.29, 0.717) is 29.5 Å². The van der Waals surface area contributed by atoms with Crippen LogP contribution in [-0.2, 0) is 64.0 Å². The number of nitrogens with one attached hydrogen (secondary N) is 8. The molecule has 0 saturated carbocycles. The Hall–Kier alpha value is -8.48. The number of fused-ring (bicyclic) bond motifs is 3. The maximum absolute atomic E-state index is 15.0. The number of hydrogen-bond donors (Lipinski definition) is 13. The van der Waals surface area contributed by atoms with Crippen molar-refractivity contribution in [2.24, 2.45) is 17.2 Å². The molecule has 16 N–H and O–H groups in total. The van der Waals surface area contributed by atoms with Gasteiger partial charge in [-0.3, -0.25) is 38.4 Å². The normalized spacial score (nSPS) is 20.6. The number of aromatic nitrogens is 1. The summed E-state index contributed by atoms with van der Waals surface area (Å²) in [6.07, 6.45) is 0.646. The number of carbonyl (C=O) groups is 8. The lowest BCUT2D eigenvalue weighted by molar-refractivity contribution is -0.136. The van der Waals surface area contributed by atoms with Crippen molar-refractivity contribution >= 4 is 101 Å². The first-order valence-electron chi connectivity index (χ1n) is 28.0. The number of para-hydroxylation sites is 1. The van der Waals surface area contributed by atoms with Gasteiger partial charge < -0.3 is 69.6 Å². The minimum absolute atomic E-state index is 0.000159. The molecule has 1 aliphatic rings. The number of hydrogen-bond acceptors (Lipinski definition) is 14. The second-order valence-corrected chi connectivity index (χ2v) is 23.7. The number of rotatable bonds is 18. The first-order valence-corrected chi connectivity index (χ1v) is 30.5. The van der Waals surface area contributed by atoms with E-state index in [-0.39, 0.29) is 55.9 Å². The monoisotopic (exact) mass is 1190 g/mol. The summed E-state index contributed by atoms with van der Waals surface area (Å²) in [6.45, 7) is 1.50. The third kappa shape index (κ3) is 17.3. The number of aromatic hydroxyl groups is 1. The summed E-state index contributed by atoms with van der Waals surface area (Å²) in [5.41, 5.74) is 21.6. The lowest BCUT2D eigenvalue weighted by atomic mass is 10.0. The van der Waals surface area contributed by atoms with Crippen molar-refractivity contribution in [3.63, 3.8) is 0 Å². The van der Waals surface area contributed by atoms with E-state index < -0.39 is 102 Å². The number of aliphatic hydroxyl groups is 1. The van der Waals surface area contributed by atoms with Crippen molar-refractivity contribution < 1.29 is 48.6 Å². The molecule has 1 saturated heterocycles. The number of aromatic amines is 1. The van der Waals surface area contributed by atoms with Crippen LogP contribution in [0.2, 0.25) is 0 Å². The van der Waals surface area contributed by atoms with Crippen LogP contribution in [0.5, 0.6) is 5.75 Å². The Balaban J connectivity index is 1.14. The van der Waals surface area contributed by atoms with Crippen molar-refractivity contribution in [2.75, 3.05) is 18.1 Å². The Bertz CT molecular complexity index is 3530. The Morgan fingerprint density at radius 3 is 1.85 bits per heavy atom. The quantitative estimate of drug-likeness (QED) is 0.0434. The molecule has 0 unspecified atom stereocenters. The van der Waals surface area contributed by atoms with Crippen LogP contribution in [0, 0.1) is 0 Å². The van der Waals surface area contributed by atoms with Crippen molar-refractivity contribution in [3.05, 3.63) is 162 Å². The van der Waals surface area contributed by atoms with Gasteiger partial charge in [0.15, 0.2) is 0 Å². The second-order valence-electron chi connectivity index (χ2n) is 21.2. The minimum atomic E-state index is -1.71. The summed E-state index contributed by atoms with van der Waals surface area (Å²) in [5.74, 6) is -7.32. The van der Waals surface area contributed by atoms with E-state index in [1.807, 2.05) is 103 Å². The summed E-state index contributed by atoms with van der Waals surface area (Å²) in [6, 6.07) is 28.5. The van der Waals surface area contributed by atoms with Gasteiger partial charge in [-0.2, -0.15) is 0 Å². The fraction of sp³-hybridized carbons (Fsp3) is 0.323. The number of primary amides is 1. The zero-order chi connectivity index (χ0) is 60.6. The Morgan fingerprint density at radius 1 is 0.635 bits per heavy atom. The van der Waals surface area contributed by atoms with Gasteiger partial charge in [-0.1, -0.05) is 137 Å². The Kier molecular flexibility index (Phi) is 22.0. The number of amides is 8. The highest BCUT2D eigenvalue weighted by Crippen LogP contribution is 2.26. The van der Waals surface area contributed by atoms with E-state index >= 15 is 0 Å². The van der Waals surface area contributed by atoms with Crippen LogP contribution >= 0.6 is 21.6 Å². The molecule has 21 nitrogen and oxygen atoms in total. The third-order valence-corrected chi connectivity index (χ3v) is 17.1. The third-order valence-electron chi connectivity index (χ3n) is 14.7. The van der Waals surface area contributed by atoms with Gasteiger partial charge in [0.1, 0.15) is 48.0 Å². The molecule has 0 bridgehead atoms. The summed E-state index contributed by atoms with van der Waals surface area (Å²) < 4.78 is 0. The highest BCUT2D eigenvalue weighted by atomic mass is 33.1. The average molecular weight is 1190 g/mol. The predicted octanol–water partition coefficient (Wildman–Crippen LogP) is 2.56. The molecule has 8 rings (SSSR count). The number of unbranched alkanes of at least 4 members (excludes halogenated alkanes) is 1. The van der Waals surface area contributed by atoms with E-state index in [2.05, 4.69) is 42.2 Å². The predicted molar refractivity (Wildman–Crippen MR) is 329 cm³/mol. The standard InChI is InChI=1S/C62H71N11O10S2/c1-35(74)54-62(83)72-53(60(81)68-49(55(65)76)30-38-18-22-40-11-3-5-13-42(40)27-38)34-85-84-33-52(71-56(77)46(64)28-37-17-21-39-10-2-4-12-41(39)26-37)61(82)69-50(29-36-19-23-44(75)24-20-36)58(79)70-51(31-43-32-66-47-15-7-6-14-45(43)47)59(80)67-48(57(78)73-54)16-8-9-25-63/h2-7,10-15,17-24,26-27,32,35,46,48-54,66,74-75H,8-9,16,25,28-31,33-34,63-64H2,1H3,(H2,65,76)(H,67,80)(H,68,81)(H,69,82)(H,70,79)(H,71,77)(H,72,83)(H,73,78)/t35-,46-,48+,49+,50+,51-,52-,53+,54-/m1/s1. The molecule has 6 aromatic carbocycles. The molecule has 85 heavy (non-hydrogen) atoms. The average Bonchev–Trinajstić information content (AvgIpc) is 4.02. The van der Waals surface area contributed by atoms with Crippen LogP contribution in [-0.4, -0.2) is 135 Å². The minimum Gasteiger partial charge on any atom is -0.508 e.